The molecule has 0 spiro atoms. The van der Waals surface area contributed by atoms with Gasteiger partial charge in [-0.1, -0.05) is 225 Å². The molecule has 59 heavy (non-hydrogen) atoms. The second-order valence-corrected chi connectivity index (χ2v) is 15.8. The maximum Gasteiger partial charge on any atom is 0.220 e. The van der Waals surface area contributed by atoms with E-state index in [-0.39, 0.29) is 12.5 Å². The summed E-state index contributed by atoms with van der Waals surface area (Å²) in [7, 11) is 0. The molecule has 0 rings (SSSR count). The van der Waals surface area contributed by atoms with Gasteiger partial charge in [-0.2, -0.15) is 0 Å². The van der Waals surface area contributed by atoms with E-state index in [2.05, 4.69) is 141 Å². The van der Waals surface area contributed by atoms with Crippen LogP contribution >= 0.6 is 0 Å². The molecule has 4 nitrogen and oxygen atoms in total. The molecular formula is C55H91NO3. The first-order valence-corrected chi connectivity index (χ1v) is 24.2. The first-order chi connectivity index (χ1) is 29.2. The topological polar surface area (TPSA) is 69.6 Å². The molecule has 0 aromatic rings. The Morgan fingerprint density at radius 3 is 1.12 bits per heavy atom. The van der Waals surface area contributed by atoms with Crippen LogP contribution < -0.4 is 5.32 Å². The fourth-order valence-corrected chi connectivity index (χ4v) is 6.56. The minimum Gasteiger partial charge on any atom is -0.394 e. The zero-order valence-corrected chi connectivity index (χ0v) is 38.2. The highest BCUT2D eigenvalue weighted by Gasteiger charge is 2.19. The Kier molecular flexibility index (Phi) is 46.5. The highest BCUT2D eigenvalue weighted by atomic mass is 16.3. The van der Waals surface area contributed by atoms with Crippen LogP contribution in [0.15, 0.2) is 122 Å². The molecule has 0 radical (unpaired) electrons. The molecule has 0 aliphatic rings. The third-order valence-corrected chi connectivity index (χ3v) is 10.2. The van der Waals surface area contributed by atoms with Crippen LogP contribution in [0.1, 0.15) is 200 Å². The van der Waals surface area contributed by atoms with Gasteiger partial charge >= 0.3 is 0 Å². The molecule has 3 N–H and O–H groups in total. The highest BCUT2D eigenvalue weighted by molar-refractivity contribution is 5.76. The van der Waals surface area contributed by atoms with Crippen LogP contribution in [0.25, 0.3) is 0 Å². The van der Waals surface area contributed by atoms with Gasteiger partial charge in [-0.05, 0) is 89.9 Å². The largest absolute Gasteiger partial charge is 0.394 e. The number of rotatable bonds is 42. The van der Waals surface area contributed by atoms with Crippen LogP contribution in [0.2, 0.25) is 0 Å². The summed E-state index contributed by atoms with van der Waals surface area (Å²) in [6.07, 6.45) is 75.7. The predicted molar refractivity (Wildman–Crippen MR) is 262 cm³/mol. The molecule has 0 fully saturated rings. The first kappa shape index (κ1) is 55.8. The molecule has 0 heterocycles. The Morgan fingerprint density at radius 2 is 0.746 bits per heavy atom. The third kappa shape index (κ3) is 45.7. The predicted octanol–water partition coefficient (Wildman–Crippen LogP) is 15.7. The summed E-state index contributed by atoms with van der Waals surface area (Å²) in [4.78, 5) is 12.4. The van der Waals surface area contributed by atoms with Crippen LogP contribution in [0, 0.1) is 0 Å². The number of hydrogen-bond acceptors (Lipinski definition) is 3. The molecule has 0 aliphatic heterocycles. The normalized spacial score (nSPS) is 14.0. The van der Waals surface area contributed by atoms with Gasteiger partial charge in [-0.25, -0.2) is 0 Å². The molecule has 0 saturated carbocycles. The molecule has 2 atom stereocenters. The lowest BCUT2D eigenvalue weighted by atomic mass is 10.0. The second-order valence-electron chi connectivity index (χ2n) is 15.8. The number of aliphatic hydroxyl groups is 2. The van der Waals surface area contributed by atoms with E-state index < -0.39 is 12.1 Å². The molecule has 0 saturated heterocycles. The van der Waals surface area contributed by atoms with Crippen molar-refractivity contribution in [3.63, 3.8) is 0 Å². The monoisotopic (exact) mass is 814 g/mol. The number of carbonyl (C=O) groups excluding carboxylic acids is 1. The number of hydrogen-bond donors (Lipinski definition) is 3. The van der Waals surface area contributed by atoms with Gasteiger partial charge in [0.15, 0.2) is 0 Å². The van der Waals surface area contributed by atoms with Gasteiger partial charge in [0.1, 0.15) is 0 Å². The van der Waals surface area contributed by atoms with Crippen LogP contribution in [0.4, 0.5) is 0 Å². The van der Waals surface area contributed by atoms with Crippen molar-refractivity contribution in [2.24, 2.45) is 0 Å². The lowest BCUT2D eigenvalue weighted by Crippen LogP contribution is -2.45. The molecule has 0 aromatic carbocycles. The Balaban J connectivity index is 3.69. The van der Waals surface area contributed by atoms with Gasteiger partial charge in [0.2, 0.25) is 5.91 Å². The van der Waals surface area contributed by atoms with Crippen molar-refractivity contribution in [3.05, 3.63) is 122 Å². The van der Waals surface area contributed by atoms with E-state index in [1.165, 1.54) is 64.2 Å². The molecule has 334 valence electrons. The van der Waals surface area contributed by atoms with E-state index in [0.717, 1.165) is 109 Å². The van der Waals surface area contributed by atoms with Crippen LogP contribution in [-0.4, -0.2) is 34.9 Å². The lowest BCUT2D eigenvalue weighted by molar-refractivity contribution is -0.123. The quantitative estimate of drug-likeness (QED) is 0.0425. The summed E-state index contributed by atoms with van der Waals surface area (Å²) in [6, 6.07) is -0.558. The molecular weight excluding hydrogens is 723 g/mol. The van der Waals surface area contributed by atoms with E-state index in [1.54, 1.807) is 0 Å². The fourth-order valence-electron chi connectivity index (χ4n) is 6.56. The van der Waals surface area contributed by atoms with Crippen molar-refractivity contribution in [1.82, 2.24) is 5.32 Å². The smallest absolute Gasteiger partial charge is 0.220 e. The van der Waals surface area contributed by atoms with Crippen LogP contribution in [0.3, 0.4) is 0 Å². The van der Waals surface area contributed by atoms with Gasteiger partial charge in [0.05, 0.1) is 18.8 Å². The Morgan fingerprint density at radius 1 is 0.424 bits per heavy atom. The van der Waals surface area contributed by atoms with Crippen LogP contribution in [0.5, 0.6) is 0 Å². The number of unbranched alkanes of at least 4 members (excludes halogenated alkanes) is 15. The number of carbonyl (C=O) groups is 1. The Labute approximate surface area is 365 Å². The summed E-state index contributed by atoms with van der Waals surface area (Å²) >= 11 is 0. The third-order valence-electron chi connectivity index (χ3n) is 10.2. The number of allylic oxidation sites excluding steroid dienone is 20. The average Bonchev–Trinajstić information content (AvgIpc) is 3.24. The SMILES string of the molecule is CC/C=C\C/C=C\C/C=C\C/C=C\C/C=C\C/C=C\C/C=C\C/C=C\C/C=C\C/C=C\CCCCCCC(=O)NC(CO)C(O)CCCCCCCCCCCCCC. The van der Waals surface area contributed by atoms with Crippen LogP contribution in [-0.2, 0) is 4.79 Å². The fraction of sp³-hybridized carbons (Fsp3) is 0.618. The summed E-state index contributed by atoms with van der Waals surface area (Å²) < 4.78 is 0. The Bertz CT molecular complexity index is 1200. The lowest BCUT2D eigenvalue weighted by Gasteiger charge is -2.22. The molecule has 0 aliphatic carbocycles. The standard InChI is InChI=1S/C55H91NO3/c1-3-5-7-9-11-13-15-17-18-19-20-21-22-23-24-25-26-27-28-29-30-31-32-33-34-35-36-37-38-39-41-43-45-47-49-51-55(59)56-53(52-57)54(58)50-48-46-44-42-40-16-14-12-10-8-6-4-2/h5,7,11,13,17-18,20-21,23-24,26-27,29-30,32-33,35-36,38-39,53-54,57-58H,3-4,6,8-10,12,14-16,19,22,25,28,31,34,37,40-52H2,1-2H3,(H,56,59)/b7-5-,13-11-,18-17-,21-20-,24-23-,27-26-,30-29-,33-32-,36-35-,39-38-. The number of amides is 1. The average molecular weight is 814 g/mol. The van der Waals surface area contributed by atoms with E-state index in [1.807, 2.05) is 0 Å². The van der Waals surface area contributed by atoms with Gasteiger partial charge in [-0.3, -0.25) is 4.79 Å². The molecule has 4 heteroatoms. The number of nitrogens with one attached hydrogen (secondary N) is 1. The van der Waals surface area contributed by atoms with Crippen molar-refractivity contribution < 1.29 is 15.0 Å². The maximum absolute atomic E-state index is 12.4. The van der Waals surface area contributed by atoms with Gasteiger partial charge in [-0.15, -0.1) is 0 Å². The summed E-state index contributed by atoms with van der Waals surface area (Å²) in [5.41, 5.74) is 0. The van der Waals surface area contributed by atoms with Crippen molar-refractivity contribution in [3.8, 4) is 0 Å². The van der Waals surface area contributed by atoms with Gasteiger partial charge in [0.25, 0.3) is 0 Å². The minimum absolute atomic E-state index is 0.0624. The number of aliphatic hydroxyl groups excluding tert-OH is 2. The molecule has 2 unspecified atom stereocenters. The van der Waals surface area contributed by atoms with Crippen molar-refractivity contribution >= 4 is 5.91 Å². The summed E-state index contributed by atoms with van der Waals surface area (Å²) in [5.74, 6) is -0.0624. The molecule has 0 bridgehead atoms. The van der Waals surface area contributed by atoms with Crippen molar-refractivity contribution in [2.45, 2.75) is 212 Å². The second kappa shape index (κ2) is 49.2. The van der Waals surface area contributed by atoms with Crippen molar-refractivity contribution in [2.75, 3.05) is 6.61 Å². The molecule has 0 aromatic heterocycles. The first-order valence-electron chi connectivity index (χ1n) is 24.2. The van der Waals surface area contributed by atoms with E-state index >= 15 is 0 Å². The highest BCUT2D eigenvalue weighted by Crippen LogP contribution is 2.14. The zero-order valence-electron chi connectivity index (χ0n) is 38.2. The van der Waals surface area contributed by atoms with E-state index in [0.29, 0.717) is 12.8 Å². The van der Waals surface area contributed by atoms with E-state index in [4.69, 9.17) is 0 Å². The summed E-state index contributed by atoms with van der Waals surface area (Å²) in [6.45, 7) is 4.21. The van der Waals surface area contributed by atoms with Gasteiger partial charge in [0, 0.05) is 6.42 Å². The van der Waals surface area contributed by atoms with E-state index in [9.17, 15) is 15.0 Å². The molecule has 1 amide bonds. The maximum atomic E-state index is 12.4. The zero-order chi connectivity index (χ0) is 42.8. The van der Waals surface area contributed by atoms with Gasteiger partial charge < -0.3 is 15.5 Å². The summed E-state index contributed by atoms with van der Waals surface area (Å²) in [5, 5.41) is 23.1. The minimum atomic E-state index is -0.678. The Hall–Kier alpha value is -3.21. The van der Waals surface area contributed by atoms with Crippen molar-refractivity contribution in [1.29, 1.82) is 0 Å².